The highest BCUT2D eigenvalue weighted by Gasteiger charge is 2.76. The first-order valence-electron chi connectivity index (χ1n) is 12.0. The smallest absolute Gasteiger partial charge is 0.270 e. The summed E-state index contributed by atoms with van der Waals surface area (Å²) in [6.07, 6.45) is 5.39. The second-order valence-electron chi connectivity index (χ2n) is 9.62. The summed E-state index contributed by atoms with van der Waals surface area (Å²) in [5, 5.41) is 3.22. The van der Waals surface area contributed by atoms with E-state index < -0.39 is 11.0 Å². The van der Waals surface area contributed by atoms with Crippen molar-refractivity contribution in [1.29, 1.82) is 0 Å². The van der Waals surface area contributed by atoms with E-state index in [0.29, 0.717) is 37.4 Å². The number of amides is 3. The topological polar surface area (TPSA) is 82.6 Å². The first-order chi connectivity index (χ1) is 16.9. The molecule has 2 unspecified atom stereocenters. The van der Waals surface area contributed by atoms with Crippen LogP contribution in [-0.2, 0) is 9.59 Å². The van der Waals surface area contributed by atoms with Crippen molar-refractivity contribution in [3.63, 3.8) is 0 Å². The average Bonchev–Trinajstić information content (AvgIpc) is 3.80. The molecule has 8 heteroatoms. The number of carbonyl (C=O) groups excluding carboxylic acids is 3. The van der Waals surface area contributed by atoms with Crippen molar-refractivity contribution in [2.45, 2.75) is 43.0 Å². The fourth-order valence-corrected chi connectivity index (χ4v) is 6.48. The molecule has 0 spiro atoms. The highest BCUT2D eigenvalue weighted by molar-refractivity contribution is 7.99. The Balaban J connectivity index is 1.44. The monoisotopic (exact) mass is 490 g/mol. The average molecular weight is 491 g/mol. The molecule has 1 N–H and O–H groups in total. The van der Waals surface area contributed by atoms with Gasteiger partial charge in [0.1, 0.15) is 12.2 Å². The molecule has 2 heterocycles. The Kier molecular flexibility index (Phi) is 6.17. The minimum atomic E-state index is -0.713. The minimum Gasteiger partial charge on any atom is -0.344 e. The van der Waals surface area contributed by atoms with Crippen LogP contribution in [0.4, 0.5) is 0 Å². The van der Waals surface area contributed by atoms with Crippen LogP contribution in [0, 0.1) is 5.41 Å². The summed E-state index contributed by atoms with van der Waals surface area (Å²) in [6.45, 7) is 6.25. The fraction of sp³-hybridized carbons (Fsp3) is 0.407. The summed E-state index contributed by atoms with van der Waals surface area (Å²) in [5.74, 6) is 0.102. The number of aromatic nitrogens is 1. The van der Waals surface area contributed by atoms with E-state index in [2.05, 4.69) is 29.0 Å². The van der Waals surface area contributed by atoms with Crippen molar-refractivity contribution in [2.75, 3.05) is 19.0 Å². The second-order valence-corrected chi connectivity index (χ2v) is 10.9. The highest BCUT2D eigenvalue weighted by Crippen LogP contribution is 2.71. The van der Waals surface area contributed by atoms with Gasteiger partial charge in [0, 0.05) is 18.7 Å². The summed E-state index contributed by atoms with van der Waals surface area (Å²) < 4.78 is 0. The SMILES string of the molecule is C=CCN1C(=O)CN(C(=O)C2(C3(NC(=O)c4ccccn4)C[C@H]3c3ccccc3)CC2)CSC1C. The first kappa shape index (κ1) is 23.6. The highest BCUT2D eigenvalue weighted by atomic mass is 32.2. The maximum Gasteiger partial charge on any atom is 0.270 e. The number of hydrogen-bond donors (Lipinski definition) is 1. The lowest BCUT2D eigenvalue weighted by Crippen LogP contribution is -2.53. The van der Waals surface area contributed by atoms with Crippen molar-refractivity contribution in [1.82, 2.24) is 20.1 Å². The molecule has 1 aromatic carbocycles. The van der Waals surface area contributed by atoms with Crippen molar-refractivity contribution >= 4 is 29.5 Å². The summed E-state index contributed by atoms with van der Waals surface area (Å²) in [7, 11) is 0. The summed E-state index contributed by atoms with van der Waals surface area (Å²) >= 11 is 1.58. The van der Waals surface area contributed by atoms with Crippen LogP contribution < -0.4 is 5.32 Å². The Morgan fingerprint density at radius 2 is 1.94 bits per heavy atom. The van der Waals surface area contributed by atoms with Crippen molar-refractivity contribution in [3.05, 3.63) is 78.6 Å². The number of carbonyl (C=O) groups is 3. The van der Waals surface area contributed by atoms with Gasteiger partial charge in [-0.05, 0) is 43.9 Å². The molecule has 3 atom stereocenters. The van der Waals surface area contributed by atoms with E-state index >= 15 is 0 Å². The van der Waals surface area contributed by atoms with Crippen LogP contribution in [0.3, 0.4) is 0 Å². The zero-order valence-electron chi connectivity index (χ0n) is 19.9. The molecule has 2 saturated carbocycles. The third-order valence-corrected chi connectivity index (χ3v) is 8.78. The Morgan fingerprint density at radius 1 is 1.20 bits per heavy atom. The van der Waals surface area contributed by atoms with Gasteiger partial charge in [0.25, 0.3) is 5.91 Å². The number of nitrogens with one attached hydrogen (secondary N) is 1. The van der Waals surface area contributed by atoms with Gasteiger partial charge in [0.15, 0.2) is 0 Å². The van der Waals surface area contributed by atoms with Gasteiger partial charge in [-0.3, -0.25) is 19.4 Å². The first-order valence-corrected chi connectivity index (χ1v) is 13.1. The lowest BCUT2D eigenvalue weighted by molar-refractivity contribution is -0.143. The van der Waals surface area contributed by atoms with Gasteiger partial charge >= 0.3 is 0 Å². The zero-order valence-corrected chi connectivity index (χ0v) is 20.7. The lowest BCUT2D eigenvalue weighted by atomic mass is 9.87. The van der Waals surface area contributed by atoms with Gasteiger partial charge in [-0.15, -0.1) is 18.3 Å². The molecule has 3 fully saturated rings. The minimum absolute atomic E-state index is 0.0363. The third kappa shape index (κ3) is 4.14. The van der Waals surface area contributed by atoms with E-state index in [1.54, 1.807) is 52.0 Å². The molecule has 1 saturated heterocycles. The standard InChI is InChI=1S/C27H30N4O3S/c1-3-15-31-19(2)35-18-30(17-23(31)32)25(34)26(12-13-26)27(16-21(27)20-9-5-4-6-10-20)29-24(33)22-11-7-8-14-28-22/h3-11,14,19,21H,1,12-13,15-18H2,2H3,(H,29,33)/t19?,21-,27?/m0/s1. The van der Waals surface area contributed by atoms with E-state index in [9.17, 15) is 14.4 Å². The van der Waals surface area contributed by atoms with Crippen LogP contribution in [0.2, 0.25) is 0 Å². The fourth-order valence-electron chi connectivity index (χ4n) is 5.49. The van der Waals surface area contributed by atoms with Gasteiger partial charge in [-0.2, -0.15) is 0 Å². The molecule has 1 aromatic heterocycles. The number of pyridine rings is 1. The number of thioether (sulfide) groups is 1. The van der Waals surface area contributed by atoms with Gasteiger partial charge < -0.3 is 15.1 Å². The number of rotatable bonds is 7. The summed E-state index contributed by atoms with van der Waals surface area (Å²) in [4.78, 5) is 48.0. The molecule has 0 radical (unpaired) electrons. The van der Waals surface area contributed by atoms with Gasteiger partial charge in [-0.1, -0.05) is 42.5 Å². The molecule has 5 rings (SSSR count). The van der Waals surface area contributed by atoms with Crippen LogP contribution in [0.5, 0.6) is 0 Å². The maximum atomic E-state index is 14.1. The van der Waals surface area contributed by atoms with Crippen molar-refractivity contribution in [2.24, 2.45) is 5.41 Å². The summed E-state index contributed by atoms with van der Waals surface area (Å²) in [5.41, 5.74) is 0.0468. The molecule has 2 aliphatic carbocycles. The molecule has 0 bridgehead atoms. The molecule has 2 aromatic rings. The number of benzene rings is 1. The second kappa shape index (κ2) is 9.15. The van der Waals surface area contributed by atoms with Crippen LogP contribution in [0.1, 0.15) is 48.2 Å². The van der Waals surface area contributed by atoms with Gasteiger partial charge in [-0.25, -0.2) is 0 Å². The van der Waals surface area contributed by atoms with Gasteiger partial charge in [0.2, 0.25) is 11.8 Å². The molecular formula is C27H30N4O3S. The lowest BCUT2D eigenvalue weighted by Gasteiger charge is -2.33. The molecular weight excluding hydrogens is 460 g/mol. The Bertz CT molecular complexity index is 1140. The van der Waals surface area contributed by atoms with E-state index in [-0.39, 0.29) is 35.6 Å². The van der Waals surface area contributed by atoms with Crippen LogP contribution in [0.15, 0.2) is 67.4 Å². The van der Waals surface area contributed by atoms with E-state index in [0.717, 1.165) is 5.56 Å². The Hall–Kier alpha value is -3.13. The molecule has 35 heavy (non-hydrogen) atoms. The Labute approximate surface area is 210 Å². The molecule has 7 nitrogen and oxygen atoms in total. The van der Waals surface area contributed by atoms with Crippen LogP contribution >= 0.6 is 11.8 Å². The Morgan fingerprint density at radius 3 is 2.60 bits per heavy atom. The predicted octanol–water partition coefficient (Wildman–Crippen LogP) is 3.41. The van der Waals surface area contributed by atoms with Gasteiger partial charge in [0.05, 0.1) is 22.2 Å². The van der Waals surface area contributed by atoms with Crippen molar-refractivity contribution < 1.29 is 14.4 Å². The number of nitrogens with zero attached hydrogens (tertiary/aromatic N) is 3. The quantitative estimate of drug-likeness (QED) is 0.602. The molecule has 182 valence electrons. The maximum absolute atomic E-state index is 14.1. The third-order valence-electron chi connectivity index (χ3n) is 7.58. The largest absolute Gasteiger partial charge is 0.344 e. The number of hydrogen-bond acceptors (Lipinski definition) is 5. The molecule has 3 amide bonds. The van der Waals surface area contributed by atoms with Crippen LogP contribution in [-0.4, -0.2) is 62.4 Å². The predicted molar refractivity (Wildman–Crippen MR) is 135 cm³/mol. The zero-order chi connectivity index (χ0) is 24.6. The molecule has 1 aliphatic heterocycles. The summed E-state index contributed by atoms with van der Waals surface area (Å²) in [6, 6.07) is 15.3. The van der Waals surface area contributed by atoms with Crippen LogP contribution in [0.25, 0.3) is 0 Å². The normalized spacial score (nSPS) is 27.1. The van der Waals surface area contributed by atoms with E-state index in [1.807, 2.05) is 25.1 Å². The molecule has 3 aliphatic rings. The van der Waals surface area contributed by atoms with E-state index in [4.69, 9.17) is 0 Å². The van der Waals surface area contributed by atoms with Crippen molar-refractivity contribution in [3.8, 4) is 0 Å². The van der Waals surface area contributed by atoms with E-state index in [1.165, 1.54) is 0 Å².